The van der Waals surface area contributed by atoms with Crippen LogP contribution < -0.4 is 11.1 Å². The van der Waals surface area contributed by atoms with Crippen LogP contribution in [-0.2, 0) is 9.84 Å². The minimum Gasteiger partial charge on any atom is -0.382 e. The minimum absolute atomic E-state index is 0.106. The molecule has 2 rings (SSSR count). The van der Waals surface area contributed by atoms with Crippen molar-refractivity contribution in [1.82, 2.24) is 4.37 Å². The van der Waals surface area contributed by atoms with Crippen LogP contribution in [0, 0.1) is 11.8 Å². The molecule has 5 nitrogen and oxygen atoms in total. The van der Waals surface area contributed by atoms with Gasteiger partial charge in [-0.1, -0.05) is 26.2 Å². The largest absolute Gasteiger partial charge is 0.382 e. The van der Waals surface area contributed by atoms with E-state index in [1.165, 1.54) is 38.4 Å². The molecule has 1 aromatic heterocycles. The number of anilines is 2. The van der Waals surface area contributed by atoms with Crippen molar-refractivity contribution in [2.24, 2.45) is 11.8 Å². The summed E-state index contributed by atoms with van der Waals surface area (Å²) in [6.45, 7) is 3.06. The van der Waals surface area contributed by atoms with Crippen molar-refractivity contribution in [1.29, 1.82) is 0 Å². The standard InChI is InChI=1S/C13H23N3O2S2/c1-3-9-4-6-10(7-5-9)8-15-13-11(20(2,17)18)12(14)16-19-13/h9-10,15H,3-8H2,1-2H3,(H2,14,16). The Morgan fingerprint density at radius 2 is 1.90 bits per heavy atom. The maximum atomic E-state index is 11.7. The first-order valence-electron chi connectivity index (χ1n) is 7.10. The Morgan fingerprint density at radius 1 is 1.30 bits per heavy atom. The van der Waals surface area contributed by atoms with Gasteiger partial charge in [-0.05, 0) is 36.2 Å². The molecule has 20 heavy (non-hydrogen) atoms. The third-order valence-corrected chi connectivity index (χ3v) is 6.24. The lowest BCUT2D eigenvalue weighted by Crippen LogP contribution is -2.21. The van der Waals surface area contributed by atoms with Gasteiger partial charge in [-0.25, -0.2) is 8.42 Å². The zero-order valence-corrected chi connectivity index (χ0v) is 13.7. The Hall–Kier alpha value is -0.820. The summed E-state index contributed by atoms with van der Waals surface area (Å²) in [6.07, 6.45) is 7.44. The number of rotatable bonds is 5. The second kappa shape index (κ2) is 6.30. The van der Waals surface area contributed by atoms with Crippen molar-refractivity contribution in [3.63, 3.8) is 0 Å². The van der Waals surface area contributed by atoms with E-state index in [0.717, 1.165) is 24.0 Å². The van der Waals surface area contributed by atoms with Crippen molar-refractivity contribution in [2.75, 3.05) is 23.9 Å². The van der Waals surface area contributed by atoms with E-state index in [2.05, 4.69) is 16.6 Å². The van der Waals surface area contributed by atoms with Crippen LogP contribution in [-0.4, -0.2) is 25.6 Å². The van der Waals surface area contributed by atoms with Gasteiger partial charge in [0.15, 0.2) is 15.7 Å². The van der Waals surface area contributed by atoms with Gasteiger partial charge in [0.25, 0.3) is 0 Å². The molecule has 0 radical (unpaired) electrons. The van der Waals surface area contributed by atoms with Gasteiger partial charge in [0, 0.05) is 12.8 Å². The summed E-state index contributed by atoms with van der Waals surface area (Å²) in [5.74, 6) is 1.60. The first-order valence-corrected chi connectivity index (χ1v) is 9.77. The highest BCUT2D eigenvalue weighted by atomic mass is 32.2. The van der Waals surface area contributed by atoms with Crippen LogP contribution in [0.15, 0.2) is 4.90 Å². The number of nitrogens with one attached hydrogen (secondary N) is 1. The van der Waals surface area contributed by atoms with E-state index in [9.17, 15) is 8.42 Å². The van der Waals surface area contributed by atoms with Crippen LogP contribution in [0.5, 0.6) is 0 Å². The van der Waals surface area contributed by atoms with Crippen molar-refractivity contribution in [3.8, 4) is 0 Å². The molecule has 0 unspecified atom stereocenters. The molecule has 1 saturated carbocycles. The van der Waals surface area contributed by atoms with Crippen LogP contribution >= 0.6 is 11.5 Å². The van der Waals surface area contributed by atoms with E-state index in [-0.39, 0.29) is 10.7 Å². The topological polar surface area (TPSA) is 85.1 Å². The third kappa shape index (κ3) is 3.63. The highest BCUT2D eigenvalue weighted by Crippen LogP contribution is 2.34. The summed E-state index contributed by atoms with van der Waals surface area (Å²) >= 11 is 1.13. The smallest absolute Gasteiger partial charge is 0.182 e. The number of nitrogens with two attached hydrogens (primary N) is 1. The van der Waals surface area contributed by atoms with Gasteiger partial charge < -0.3 is 11.1 Å². The molecule has 0 spiro atoms. The summed E-state index contributed by atoms with van der Waals surface area (Å²) in [6, 6.07) is 0. The Bertz CT molecular complexity index is 546. The fourth-order valence-electron chi connectivity index (χ4n) is 2.85. The molecule has 1 heterocycles. The van der Waals surface area contributed by atoms with E-state index >= 15 is 0 Å². The number of aromatic nitrogens is 1. The molecule has 0 atom stereocenters. The monoisotopic (exact) mass is 317 g/mol. The van der Waals surface area contributed by atoms with E-state index in [1.807, 2.05) is 0 Å². The molecule has 1 aliphatic carbocycles. The average Bonchev–Trinajstić information content (AvgIpc) is 2.78. The lowest BCUT2D eigenvalue weighted by Gasteiger charge is -2.27. The summed E-state index contributed by atoms with van der Waals surface area (Å²) in [4.78, 5) is 0.157. The van der Waals surface area contributed by atoms with Crippen LogP contribution in [0.4, 0.5) is 10.8 Å². The highest BCUT2D eigenvalue weighted by Gasteiger charge is 2.23. The molecule has 114 valence electrons. The van der Waals surface area contributed by atoms with Crippen LogP contribution in [0.3, 0.4) is 0 Å². The summed E-state index contributed by atoms with van der Waals surface area (Å²) in [5.41, 5.74) is 5.65. The second-order valence-electron chi connectivity index (χ2n) is 5.67. The summed E-state index contributed by atoms with van der Waals surface area (Å²) < 4.78 is 27.4. The Labute approximate surface area is 125 Å². The molecule has 1 aliphatic rings. The Balaban J connectivity index is 1.96. The van der Waals surface area contributed by atoms with Crippen molar-refractivity contribution >= 4 is 32.2 Å². The Kier molecular flexibility index (Phi) is 4.90. The fourth-order valence-corrected chi connectivity index (χ4v) is 4.92. The summed E-state index contributed by atoms with van der Waals surface area (Å²) in [5, 5.41) is 3.83. The predicted molar refractivity (Wildman–Crippen MR) is 83.9 cm³/mol. The van der Waals surface area contributed by atoms with Crippen LogP contribution in [0.1, 0.15) is 39.0 Å². The molecular formula is C13H23N3O2S2. The van der Waals surface area contributed by atoms with Crippen molar-refractivity contribution in [2.45, 2.75) is 43.9 Å². The third-order valence-electron chi connectivity index (χ3n) is 4.14. The maximum absolute atomic E-state index is 11.7. The van der Waals surface area contributed by atoms with Crippen molar-refractivity contribution < 1.29 is 8.42 Å². The second-order valence-corrected chi connectivity index (χ2v) is 8.40. The number of nitrogens with zero attached hydrogens (tertiary/aromatic N) is 1. The molecule has 1 aromatic rings. The van der Waals surface area contributed by atoms with Gasteiger partial charge in [-0.3, -0.25) is 0 Å². The lowest BCUT2D eigenvalue weighted by atomic mass is 9.81. The van der Waals surface area contributed by atoms with E-state index < -0.39 is 9.84 Å². The highest BCUT2D eigenvalue weighted by molar-refractivity contribution is 7.91. The fraction of sp³-hybridized carbons (Fsp3) is 0.769. The first kappa shape index (κ1) is 15.6. The van der Waals surface area contributed by atoms with E-state index in [1.54, 1.807) is 0 Å². The van der Waals surface area contributed by atoms with Crippen LogP contribution in [0.25, 0.3) is 0 Å². The molecule has 7 heteroatoms. The maximum Gasteiger partial charge on any atom is 0.182 e. The summed E-state index contributed by atoms with van der Waals surface area (Å²) in [7, 11) is -3.33. The number of nitrogen functional groups attached to an aromatic ring is 1. The first-order chi connectivity index (χ1) is 9.41. The van der Waals surface area contributed by atoms with E-state index in [4.69, 9.17) is 5.73 Å². The molecule has 3 N–H and O–H groups in total. The van der Waals surface area contributed by atoms with Gasteiger partial charge in [0.1, 0.15) is 9.90 Å². The van der Waals surface area contributed by atoms with E-state index in [0.29, 0.717) is 10.9 Å². The zero-order valence-electron chi connectivity index (χ0n) is 12.1. The molecule has 1 fully saturated rings. The molecule has 0 aliphatic heterocycles. The minimum atomic E-state index is -3.33. The quantitative estimate of drug-likeness (QED) is 0.872. The molecular weight excluding hydrogens is 294 g/mol. The molecule has 0 saturated heterocycles. The van der Waals surface area contributed by atoms with Gasteiger partial charge in [-0.2, -0.15) is 4.37 Å². The van der Waals surface area contributed by atoms with Crippen LogP contribution in [0.2, 0.25) is 0 Å². The number of hydrogen-bond donors (Lipinski definition) is 2. The molecule has 0 aromatic carbocycles. The molecule has 0 amide bonds. The molecule has 0 bridgehead atoms. The Morgan fingerprint density at radius 3 is 2.45 bits per heavy atom. The predicted octanol–water partition coefficient (Wildman–Crippen LogP) is 2.76. The normalized spacial score (nSPS) is 23.7. The number of sulfone groups is 1. The van der Waals surface area contributed by atoms with Gasteiger partial charge in [-0.15, -0.1) is 0 Å². The van der Waals surface area contributed by atoms with Crippen molar-refractivity contribution in [3.05, 3.63) is 0 Å². The number of hydrogen-bond acceptors (Lipinski definition) is 6. The average molecular weight is 317 g/mol. The zero-order chi connectivity index (χ0) is 14.8. The lowest BCUT2D eigenvalue weighted by molar-refractivity contribution is 0.278. The van der Waals surface area contributed by atoms with Gasteiger partial charge in [0.05, 0.1) is 0 Å². The van der Waals surface area contributed by atoms with Gasteiger partial charge >= 0.3 is 0 Å². The van der Waals surface area contributed by atoms with Gasteiger partial charge in [0.2, 0.25) is 0 Å². The SMILES string of the molecule is CCC1CCC(CNc2snc(N)c2S(C)(=O)=O)CC1.